The van der Waals surface area contributed by atoms with Gasteiger partial charge in [0.1, 0.15) is 12.6 Å². The molecule has 0 heterocycles. The molecule has 1 N–H and O–H groups in total. The summed E-state index contributed by atoms with van der Waals surface area (Å²) in [6.45, 7) is 1.06. The van der Waals surface area contributed by atoms with Gasteiger partial charge < -0.3 is 10.2 Å². The van der Waals surface area contributed by atoms with Crippen LogP contribution in [0.2, 0.25) is 20.1 Å². The Balaban J connectivity index is 1.75. The van der Waals surface area contributed by atoms with E-state index in [1.54, 1.807) is 43.3 Å². The van der Waals surface area contributed by atoms with Crippen molar-refractivity contribution in [3.05, 3.63) is 92.4 Å². The van der Waals surface area contributed by atoms with E-state index in [9.17, 15) is 18.0 Å². The molecule has 4 rings (SSSR count). The van der Waals surface area contributed by atoms with E-state index in [0.29, 0.717) is 15.6 Å². The van der Waals surface area contributed by atoms with Gasteiger partial charge in [-0.15, -0.1) is 0 Å². The van der Waals surface area contributed by atoms with E-state index in [-0.39, 0.29) is 45.5 Å². The number of nitrogens with one attached hydrogen (secondary N) is 1. The van der Waals surface area contributed by atoms with Crippen LogP contribution in [-0.4, -0.2) is 43.8 Å². The predicted octanol–water partition coefficient (Wildman–Crippen LogP) is 7.75. The van der Waals surface area contributed by atoms with Crippen molar-refractivity contribution in [1.82, 2.24) is 10.2 Å². The Morgan fingerprint density at radius 1 is 0.884 bits per heavy atom. The molecule has 0 bridgehead atoms. The quantitative estimate of drug-likeness (QED) is 0.224. The molecule has 0 radical (unpaired) electrons. The molecular formula is C31H33Cl4N3O4S. The van der Waals surface area contributed by atoms with E-state index in [4.69, 9.17) is 46.4 Å². The van der Waals surface area contributed by atoms with Crippen LogP contribution < -0.4 is 9.62 Å². The van der Waals surface area contributed by atoms with Crippen molar-refractivity contribution in [3.63, 3.8) is 0 Å². The number of amides is 2. The molecule has 43 heavy (non-hydrogen) atoms. The zero-order valence-corrected chi connectivity index (χ0v) is 27.5. The van der Waals surface area contributed by atoms with Crippen LogP contribution in [0.25, 0.3) is 0 Å². The first-order valence-electron chi connectivity index (χ1n) is 14.1. The molecule has 0 unspecified atom stereocenters. The van der Waals surface area contributed by atoms with E-state index in [0.717, 1.165) is 36.4 Å². The summed E-state index contributed by atoms with van der Waals surface area (Å²) in [5.74, 6) is -0.938. The van der Waals surface area contributed by atoms with Gasteiger partial charge in [-0.2, -0.15) is 0 Å². The van der Waals surface area contributed by atoms with Gasteiger partial charge in [-0.3, -0.25) is 13.9 Å². The largest absolute Gasteiger partial charge is 0.352 e. The fraction of sp³-hybridized carbons (Fsp3) is 0.355. The Morgan fingerprint density at radius 2 is 1.49 bits per heavy atom. The summed E-state index contributed by atoms with van der Waals surface area (Å²) in [7, 11) is -4.26. The molecule has 3 aromatic carbocycles. The van der Waals surface area contributed by atoms with Crippen LogP contribution in [0.1, 0.15) is 51.0 Å². The zero-order valence-electron chi connectivity index (χ0n) is 23.6. The summed E-state index contributed by atoms with van der Waals surface area (Å²) < 4.78 is 28.9. The van der Waals surface area contributed by atoms with Crippen molar-refractivity contribution in [2.75, 3.05) is 10.8 Å². The highest BCUT2D eigenvalue weighted by Gasteiger charge is 2.35. The molecule has 7 nitrogen and oxygen atoms in total. The number of carbonyl (C=O) groups excluding carboxylic acids is 2. The average Bonchev–Trinajstić information content (AvgIpc) is 2.97. The number of rotatable bonds is 11. The molecule has 0 aliphatic heterocycles. The Kier molecular flexibility index (Phi) is 11.6. The second kappa shape index (κ2) is 15.0. The van der Waals surface area contributed by atoms with Gasteiger partial charge in [0.15, 0.2) is 0 Å². The van der Waals surface area contributed by atoms with Crippen LogP contribution in [0.5, 0.6) is 0 Å². The third-order valence-electron chi connectivity index (χ3n) is 7.47. The molecule has 3 aromatic rings. The van der Waals surface area contributed by atoms with Crippen molar-refractivity contribution in [3.8, 4) is 0 Å². The number of benzene rings is 3. The van der Waals surface area contributed by atoms with Gasteiger partial charge in [0, 0.05) is 38.2 Å². The SMILES string of the molecule is CC[C@H](C(=O)NC1CCCCC1)N(Cc1c(Cl)cccc1Cl)C(=O)CN(c1cc(Cl)cc(Cl)c1)S(=O)(=O)c1ccccc1. The number of hydrogen-bond donors (Lipinski definition) is 1. The van der Waals surface area contributed by atoms with Crippen LogP contribution in [0, 0.1) is 0 Å². The van der Waals surface area contributed by atoms with Gasteiger partial charge in [-0.25, -0.2) is 8.42 Å². The highest BCUT2D eigenvalue weighted by atomic mass is 35.5. The Hall–Kier alpha value is -2.49. The Labute approximate surface area is 273 Å². The predicted molar refractivity (Wildman–Crippen MR) is 174 cm³/mol. The molecule has 0 spiro atoms. The van der Waals surface area contributed by atoms with Crippen molar-refractivity contribution in [1.29, 1.82) is 0 Å². The number of nitrogens with zero attached hydrogens (tertiary/aromatic N) is 2. The van der Waals surface area contributed by atoms with Crippen LogP contribution >= 0.6 is 46.4 Å². The fourth-order valence-corrected chi connectivity index (χ4v) is 7.70. The maximum absolute atomic E-state index is 14.3. The maximum atomic E-state index is 14.3. The number of anilines is 1. The fourth-order valence-electron chi connectivity index (χ4n) is 5.25. The molecule has 1 atom stereocenters. The summed E-state index contributed by atoms with van der Waals surface area (Å²) in [5, 5.41) is 4.15. The monoisotopic (exact) mass is 683 g/mol. The molecule has 12 heteroatoms. The molecule has 0 aromatic heterocycles. The lowest BCUT2D eigenvalue weighted by Crippen LogP contribution is -2.54. The number of halogens is 4. The van der Waals surface area contributed by atoms with Gasteiger partial charge in [-0.1, -0.05) is 96.9 Å². The second-order valence-electron chi connectivity index (χ2n) is 10.4. The van der Waals surface area contributed by atoms with E-state index in [2.05, 4.69) is 5.32 Å². The van der Waals surface area contributed by atoms with Gasteiger partial charge in [0.2, 0.25) is 11.8 Å². The molecule has 2 amide bonds. The molecule has 1 aliphatic carbocycles. The first-order chi connectivity index (χ1) is 20.5. The smallest absolute Gasteiger partial charge is 0.264 e. The highest BCUT2D eigenvalue weighted by Crippen LogP contribution is 2.31. The molecule has 1 fully saturated rings. The molecule has 0 saturated heterocycles. The summed E-state index contributed by atoms with van der Waals surface area (Å²) in [6.07, 6.45) is 5.18. The van der Waals surface area contributed by atoms with Crippen LogP contribution in [0.15, 0.2) is 71.6 Å². The minimum atomic E-state index is -4.26. The molecular weight excluding hydrogens is 652 g/mol. The third kappa shape index (κ3) is 8.37. The molecule has 230 valence electrons. The topological polar surface area (TPSA) is 86.8 Å². The lowest BCUT2D eigenvalue weighted by atomic mass is 9.95. The normalized spacial score (nSPS) is 14.6. The Bertz CT molecular complexity index is 1510. The van der Waals surface area contributed by atoms with Crippen LogP contribution in [-0.2, 0) is 26.2 Å². The summed E-state index contributed by atoms with van der Waals surface area (Å²) in [5.41, 5.74) is 0.552. The van der Waals surface area contributed by atoms with Gasteiger partial charge in [0.25, 0.3) is 10.0 Å². The van der Waals surface area contributed by atoms with Gasteiger partial charge >= 0.3 is 0 Å². The first kappa shape index (κ1) is 33.4. The van der Waals surface area contributed by atoms with E-state index < -0.39 is 28.5 Å². The average molecular weight is 686 g/mol. The lowest BCUT2D eigenvalue weighted by Gasteiger charge is -2.35. The van der Waals surface area contributed by atoms with E-state index >= 15 is 0 Å². The second-order valence-corrected chi connectivity index (χ2v) is 14.0. The lowest BCUT2D eigenvalue weighted by molar-refractivity contribution is -0.140. The van der Waals surface area contributed by atoms with Crippen molar-refractivity contribution in [2.45, 2.75) is 69.0 Å². The molecule has 1 aliphatic rings. The van der Waals surface area contributed by atoms with Crippen LogP contribution in [0.4, 0.5) is 5.69 Å². The first-order valence-corrected chi connectivity index (χ1v) is 17.0. The number of sulfonamides is 1. The summed E-state index contributed by atoms with van der Waals surface area (Å²) in [6, 6.07) is 16.1. The summed E-state index contributed by atoms with van der Waals surface area (Å²) >= 11 is 25.5. The highest BCUT2D eigenvalue weighted by molar-refractivity contribution is 7.92. The summed E-state index contributed by atoms with van der Waals surface area (Å²) in [4.78, 5) is 29.3. The van der Waals surface area contributed by atoms with Crippen molar-refractivity contribution >= 4 is 73.9 Å². The zero-order chi connectivity index (χ0) is 31.1. The standard InChI is InChI=1S/C31H33Cl4N3O4S/c1-2-29(31(40)36-23-10-5-3-6-11-23)37(19-26-27(34)14-9-15-28(26)35)30(39)20-38(24-17-21(32)16-22(33)18-24)43(41,42)25-12-7-4-8-13-25/h4,7-9,12-18,23,29H,2-3,5-6,10-11,19-20H2,1H3,(H,36,40)/t29-/m1/s1. The maximum Gasteiger partial charge on any atom is 0.264 e. The van der Waals surface area contributed by atoms with E-state index in [1.165, 1.54) is 35.2 Å². The van der Waals surface area contributed by atoms with Crippen molar-refractivity contribution < 1.29 is 18.0 Å². The van der Waals surface area contributed by atoms with Crippen molar-refractivity contribution in [2.24, 2.45) is 0 Å². The van der Waals surface area contributed by atoms with Gasteiger partial charge in [-0.05, 0) is 61.7 Å². The Morgan fingerprint density at radius 3 is 2.07 bits per heavy atom. The van der Waals surface area contributed by atoms with Gasteiger partial charge in [0.05, 0.1) is 10.6 Å². The molecule has 1 saturated carbocycles. The minimum Gasteiger partial charge on any atom is -0.352 e. The number of carbonyl (C=O) groups is 2. The minimum absolute atomic E-state index is 0.0136. The third-order valence-corrected chi connectivity index (χ3v) is 10.4. The van der Waals surface area contributed by atoms with E-state index in [1.807, 2.05) is 0 Å². The number of hydrogen-bond acceptors (Lipinski definition) is 4. The van der Waals surface area contributed by atoms with Crippen LogP contribution in [0.3, 0.4) is 0 Å².